The largest absolute Gasteiger partial charge is 0.481 e. The number of esters is 2. The highest BCUT2D eigenvalue weighted by Gasteiger charge is 2.07. The Hall–Kier alpha value is -3.68. The molecule has 0 bridgehead atoms. The molecule has 2 rings (SSSR count). The van der Waals surface area contributed by atoms with Crippen LogP contribution in [0.5, 0.6) is 11.5 Å². The first-order chi connectivity index (χ1) is 15.4. The van der Waals surface area contributed by atoms with E-state index < -0.39 is 11.9 Å². The molecule has 2 aromatic carbocycles. The molecule has 0 fully saturated rings. The van der Waals surface area contributed by atoms with Crippen LogP contribution in [-0.4, -0.2) is 34.1 Å². The van der Waals surface area contributed by atoms with E-state index in [1.54, 1.807) is 24.3 Å². The third-order valence-electron chi connectivity index (χ3n) is 3.99. The van der Waals surface area contributed by atoms with Gasteiger partial charge in [-0.1, -0.05) is 36.4 Å². The number of ether oxygens (including phenoxy) is 2. The molecule has 2 aromatic rings. The van der Waals surface area contributed by atoms with Gasteiger partial charge in [-0.05, 0) is 49.9 Å². The van der Waals surface area contributed by atoms with Gasteiger partial charge in [-0.25, -0.2) is 0 Å². The number of carbonyl (C=O) groups is 4. The molecule has 0 aromatic heterocycles. The molecule has 0 aliphatic heterocycles. The van der Waals surface area contributed by atoms with Crippen LogP contribution in [0.3, 0.4) is 0 Å². The lowest BCUT2D eigenvalue weighted by Gasteiger charge is -2.05. The summed E-state index contributed by atoms with van der Waals surface area (Å²) in [4.78, 5) is 43.0. The summed E-state index contributed by atoms with van der Waals surface area (Å²) in [5.74, 6) is -1.24. The van der Waals surface area contributed by atoms with E-state index in [0.717, 1.165) is 0 Å². The van der Waals surface area contributed by atoms with Gasteiger partial charge in [-0.3, -0.25) is 19.2 Å². The number of benzene rings is 2. The summed E-state index contributed by atoms with van der Waals surface area (Å²) >= 11 is 0. The summed E-state index contributed by atoms with van der Waals surface area (Å²) in [5.41, 5.74) is 0. The minimum atomic E-state index is -0.870. The third-order valence-corrected chi connectivity index (χ3v) is 3.99. The first-order valence-corrected chi connectivity index (χ1v) is 10.3. The third kappa shape index (κ3) is 14.3. The molecular formula is C24H28O8. The highest BCUT2D eigenvalue weighted by Crippen LogP contribution is 2.12. The fraction of sp³-hybridized carbons (Fsp3) is 0.333. The molecule has 0 heterocycles. The van der Waals surface area contributed by atoms with Crippen molar-refractivity contribution >= 4 is 23.9 Å². The molecule has 0 saturated heterocycles. The molecule has 0 saturated carbocycles. The van der Waals surface area contributed by atoms with E-state index >= 15 is 0 Å². The smallest absolute Gasteiger partial charge is 0.311 e. The lowest BCUT2D eigenvalue weighted by Crippen LogP contribution is -2.10. The molecule has 0 spiro atoms. The van der Waals surface area contributed by atoms with Gasteiger partial charge < -0.3 is 19.7 Å². The van der Waals surface area contributed by atoms with Crippen molar-refractivity contribution in [2.75, 3.05) is 0 Å². The summed E-state index contributed by atoms with van der Waals surface area (Å²) in [5, 5.41) is 16.3. The van der Waals surface area contributed by atoms with Gasteiger partial charge >= 0.3 is 23.9 Å². The molecule has 8 heteroatoms. The van der Waals surface area contributed by atoms with Crippen molar-refractivity contribution < 1.29 is 38.9 Å². The number of aliphatic carboxylic acids is 2. The standard InChI is InChI=1S/C18H18O4.C6H10O4/c19-17(21-15-9-3-1-4-10-15)13-7-8-14-18(20)22-16-11-5-2-6-12-16;7-5(8)3-1-2-4-6(9)10/h1-6,9-12H,7-8,13-14H2;1-4H2,(H,7,8)(H,9,10). The fourth-order valence-corrected chi connectivity index (χ4v) is 2.43. The molecule has 0 aliphatic rings. The Labute approximate surface area is 186 Å². The zero-order chi connectivity index (χ0) is 23.6. The van der Waals surface area contributed by atoms with Crippen LogP contribution < -0.4 is 9.47 Å². The Balaban J connectivity index is 0.000000433. The summed E-state index contributed by atoms with van der Waals surface area (Å²) in [6.45, 7) is 0. The number of rotatable bonds is 12. The number of hydrogen-bond acceptors (Lipinski definition) is 6. The predicted octanol–water partition coefficient (Wildman–Crippen LogP) is 4.47. The molecule has 32 heavy (non-hydrogen) atoms. The average molecular weight is 444 g/mol. The number of para-hydroxylation sites is 2. The zero-order valence-corrected chi connectivity index (χ0v) is 17.8. The van der Waals surface area contributed by atoms with E-state index in [1.807, 2.05) is 36.4 Å². The van der Waals surface area contributed by atoms with Crippen LogP contribution in [0.1, 0.15) is 51.4 Å². The van der Waals surface area contributed by atoms with Crippen LogP contribution in [0.15, 0.2) is 60.7 Å². The Kier molecular flexibility index (Phi) is 13.2. The van der Waals surface area contributed by atoms with E-state index in [9.17, 15) is 19.2 Å². The van der Waals surface area contributed by atoms with Crippen molar-refractivity contribution in [3.05, 3.63) is 60.7 Å². The van der Waals surface area contributed by atoms with Crippen molar-refractivity contribution in [1.82, 2.24) is 0 Å². The van der Waals surface area contributed by atoms with Gasteiger partial charge in [0.1, 0.15) is 11.5 Å². The Morgan fingerprint density at radius 1 is 0.531 bits per heavy atom. The number of carboxylic acid groups (broad SMARTS) is 2. The van der Waals surface area contributed by atoms with Crippen LogP contribution in [0.25, 0.3) is 0 Å². The molecule has 0 amide bonds. The van der Waals surface area contributed by atoms with Crippen LogP contribution in [0.4, 0.5) is 0 Å². The summed E-state index contributed by atoms with van der Waals surface area (Å²) in [6.07, 6.45) is 2.77. The number of hydrogen-bond donors (Lipinski definition) is 2. The summed E-state index contributed by atoms with van der Waals surface area (Å²) in [6, 6.07) is 17.9. The van der Waals surface area contributed by atoms with Crippen molar-refractivity contribution in [2.24, 2.45) is 0 Å². The van der Waals surface area contributed by atoms with E-state index in [-0.39, 0.29) is 37.6 Å². The average Bonchev–Trinajstić information content (AvgIpc) is 2.76. The molecule has 0 atom stereocenters. The molecule has 0 unspecified atom stereocenters. The molecule has 8 nitrogen and oxygen atoms in total. The van der Waals surface area contributed by atoms with Gasteiger partial charge in [0, 0.05) is 25.7 Å². The number of unbranched alkanes of at least 4 members (excludes halogenated alkanes) is 2. The van der Waals surface area contributed by atoms with E-state index in [4.69, 9.17) is 19.7 Å². The predicted molar refractivity (Wildman–Crippen MR) is 116 cm³/mol. The number of carbonyl (C=O) groups excluding carboxylic acids is 2. The normalized spacial score (nSPS) is 9.75. The highest BCUT2D eigenvalue weighted by molar-refractivity contribution is 5.73. The molecule has 2 N–H and O–H groups in total. The second-order valence-corrected chi connectivity index (χ2v) is 6.78. The van der Waals surface area contributed by atoms with Crippen molar-refractivity contribution in [3.8, 4) is 11.5 Å². The van der Waals surface area contributed by atoms with Crippen LogP contribution in [-0.2, 0) is 19.2 Å². The minimum absolute atomic E-state index is 0.0628. The van der Waals surface area contributed by atoms with Crippen molar-refractivity contribution in [2.45, 2.75) is 51.4 Å². The Morgan fingerprint density at radius 3 is 1.16 bits per heavy atom. The van der Waals surface area contributed by atoms with E-state index in [0.29, 0.717) is 37.2 Å². The van der Waals surface area contributed by atoms with Crippen LogP contribution in [0, 0.1) is 0 Å². The number of carboxylic acids is 2. The SMILES string of the molecule is O=C(CCCCC(=O)Oc1ccccc1)Oc1ccccc1.O=C(O)CCCCC(=O)O. The van der Waals surface area contributed by atoms with Gasteiger partial charge in [0.05, 0.1) is 0 Å². The van der Waals surface area contributed by atoms with E-state index in [2.05, 4.69) is 0 Å². The van der Waals surface area contributed by atoms with Gasteiger partial charge in [0.25, 0.3) is 0 Å². The molecule has 172 valence electrons. The summed E-state index contributed by atoms with van der Waals surface area (Å²) in [7, 11) is 0. The van der Waals surface area contributed by atoms with Gasteiger partial charge in [-0.2, -0.15) is 0 Å². The molecular weight excluding hydrogens is 416 g/mol. The minimum Gasteiger partial charge on any atom is -0.481 e. The maximum absolute atomic E-state index is 11.6. The summed E-state index contributed by atoms with van der Waals surface area (Å²) < 4.78 is 10.3. The zero-order valence-electron chi connectivity index (χ0n) is 17.8. The molecule has 0 radical (unpaired) electrons. The quantitative estimate of drug-likeness (QED) is 0.279. The van der Waals surface area contributed by atoms with Gasteiger partial charge in [0.2, 0.25) is 0 Å². The Morgan fingerprint density at radius 2 is 0.844 bits per heavy atom. The topological polar surface area (TPSA) is 127 Å². The lowest BCUT2D eigenvalue weighted by atomic mass is 10.2. The Bertz CT molecular complexity index is 762. The van der Waals surface area contributed by atoms with Crippen LogP contribution >= 0.6 is 0 Å². The molecule has 0 aliphatic carbocycles. The van der Waals surface area contributed by atoms with Gasteiger partial charge in [0.15, 0.2) is 0 Å². The first kappa shape index (κ1) is 26.4. The maximum atomic E-state index is 11.6. The highest BCUT2D eigenvalue weighted by atomic mass is 16.5. The van der Waals surface area contributed by atoms with Crippen molar-refractivity contribution in [3.63, 3.8) is 0 Å². The first-order valence-electron chi connectivity index (χ1n) is 10.3. The monoisotopic (exact) mass is 444 g/mol. The second-order valence-electron chi connectivity index (χ2n) is 6.78. The van der Waals surface area contributed by atoms with Crippen molar-refractivity contribution in [1.29, 1.82) is 0 Å². The van der Waals surface area contributed by atoms with E-state index in [1.165, 1.54) is 0 Å². The fourth-order valence-electron chi connectivity index (χ4n) is 2.43. The van der Waals surface area contributed by atoms with Crippen LogP contribution in [0.2, 0.25) is 0 Å². The lowest BCUT2D eigenvalue weighted by molar-refractivity contribution is -0.139. The maximum Gasteiger partial charge on any atom is 0.311 e. The van der Waals surface area contributed by atoms with Gasteiger partial charge in [-0.15, -0.1) is 0 Å². The second kappa shape index (κ2) is 16.1.